The van der Waals surface area contributed by atoms with E-state index < -0.39 is 6.04 Å². The molecule has 0 aromatic heterocycles. The first-order valence-electron chi connectivity index (χ1n) is 9.62. The zero-order valence-corrected chi connectivity index (χ0v) is 16.9. The lowest BCUT2D eigenvalue weighted by Gasteiger charge is -2.32. The molecule has 0 bridgehead atoms. The smallest absolute Gasteiger partial charge is 0.167 e. The topological polar surface area (TPSA) is 76.4 Å². The maximum absolute atomic E-state index is 12.3. The van der Waals surface area contributed by atoms with E-state index >= 15 is 0 Å². The molecule has 5 nitrogen and oxygen atoms in total. The van der Waals surface area contributed by atoms with Crippen LogP contribution < -0.4 is 16.6 Å². The molecule has 144 valence electrons. The van der Waals surface area contributed by atoms with Gasteiger partial charge in [-0.05, 0) is 38.5 Å². The highest BCUT2D eigenvalue weighted by Crippen LogP contribution is 2.17. The van der Waals surface area contributed by atoms with Gasteiger partial charge in [-0.1, -0.05) is 47.5 Å². The third-order valence-corrected chi connectivity index (χ3v) is 5.19. The van der Waals surface area contributed by atoms with Crippen molar-refractivity contribution in [1.29, 1.82) is 0 Å². The Hall–Kier alpha value is -0.490. The van der Waals surface area contributed by atoms with Crippen molar-refractivity contribution in [1.82, 2.24) is 10.9 Å². The summed E-state index contributed by atoms with van der Waals surface area (Å²) in [5.74, 6) is 0.971. The van der Waals surface area contributed by atoms with Crippen LogP contribution in [0.25, 0.3) is 0 Å². The van der Waals surface area contributed by atoms with Crippen LogP contribution in [0.3, 0.4) is 0 Å². The van der Waals surface area contributed by atoms with Crippen LogP contribution >= 0.6 is 0 Å². The minimum absolute atomic E-state index is 0.0488. The lowest BCUT2D eigenvalue weighted by atomic mass is 9.93. The van der Waals surface area contributed by atoms with Gasteiger partial charge in [0.05, 0.1) is 17.7 Å². The molecule has 0 radical (unpaired) electrons. The van der Waals surface area contributed by atoms with E-state index in [9.17, 15) is 4.79 Å². The highest BCUT2D eigenvalue weighted by atomic mass is 16.5. The largest absolute Gasteiger partial charge is 0.374 e. The van der Waals surface area contributed by atoms with Gasteiger partial charge < -0.3 is 10.5 Å². The van der Waals surface area contributed by atoms with Crippen molar-refractivity contribution in [2.45, 2.75) is 91.8 Å². The molecule has 0 amide bonds. The molecule has 0 fully saturated rings. The van der Waals surface area contributed by atoms with E-state index in [0.29, 0.717) is 12.5 Å². The quantitative estimate of drug-likeness (QED) is 0.423. The van der Waals surface area contributed by atoms with Crippen molar-refractivity contribution >= 4 is 5.78 Å². The lowest BCUT2D eigenvalue weighted by molar-refractivity contribution is -0.123. The second-order valence-corrected chi connectivity index (χ2v) is 7.51. The van der Waals surface area contributed by atoms with Crippen LogP contribution in [0.15, 0.2) is 0 Å². The molecule has 0 spiro atoms. The second-order valence-electron chi connectivity index (χ2n) is 7.51. The fourth-order valence-corrected chi connectivity index (χ4v) is 2.35. The Morgan fingerprint density at radius 2 is 1.79 bits per heavy atom. The molecule has 0 heterocycles. The van der Waals surface area contributed by atoms with E-state index in [2.05, 4.69) is 52.4 Å². The summed E-state index contributed by atoms with van der Waals surface area (Å²) >= 11 is 0. The van der Waals surface area contributed by atoms with Crippen LogP contribution in [0.5, 0.6) is 0 Å². The summed E-state index contributed by atoms with van der Waals surface area (Å²) in [6, 6.07) is -0.723. The van der Waals surface area contributed by atoms with Crippen molar-refractivity contribution in [2.75, 3.05) is 13.2 Å². The summed E-state index contributed by atoms with van der Waals surface area (Å²) in [4.78, 5) is 12.3. The second kappa shape index (κ2) is 12.0. The van der Waals surface area contributed by atoms with Crippen LogP contribution in [0.4, 0.5) is 0 Å². The third kappa shape index (κ3) is 8.56. The van der Waals surface area contributed by atoms with E-state index in [1.807, 2.05) is 0 Å². The molecule has 0 aromatic rings. The average Bonchev–Trinajstić information content (AvgIpc) is 2.57. The number of hydrogen-bond acceptors (Lipinski definition) is 5. The SMILES string of the molecule is CCC(C)CCOC(C)(CC)CNNC(C(=O)C(C)N)C(C)CC. The number of ketones is 1. The number of hydrogen-bond donors (Lipinski definition) is 3. The molecule has 5 atom stereocenters. The van der Waals surface area contributed by atoms with E-state index in [-0.39, 0.29) is 23.3 Å². The maximum atomic E-state index is 12.3. The molecule has 0 aliphatic carbocycles. The molecule has 0 rings (SSSR count). The first-order valence-corrected chi connectivity index (χ1v) is 9.62. The Bertz CT molecular complexity index is 350. The molecular formula is C19H41N3O2. The first-order chi connectivity index (χ1) is 11.2. The molecule has 0 saturated carbocycles. The first kappa shape index (κ1) is 23.5. The fraction of sp³-hybridized carbons (Fsp3) is 0.947. The van der Waals surface area contributed by atoms with Gasteiger partial charge in [0.15, 0.2) is 5.78 Å². The number of nitrogens with one attached hydrogen (secondary N) is 2. The Balaban J connectivity index is 4.49. The number of carbonyl (C=O) groups excluding carboxylic acids is 1. The van der Waals surface area contributed by atoms with Gasteiger partial charge in [-0.2, -0.15) is 0 Å². The van der Waals surface area contributed by atoms with Gasteiger partial charge >= 0.3 is 0 Å². The molecule has 0 aromatic carbocycles. The summed E-state index contributed by atoms with van der Waals surface area (Å²) in [7, 11) is 0. The third-order valence-electron chi connectivity index (χ3n) is 5.19. The highest BCUT2D eigenvalue weighted by Gasteiger charge is 2.28. The number of hydrazine groups is 1. The highest BCUT2D eigenvalue weighted by molar-refractivity contribution is 5.88. The van der Waals surface area contributed by atoms with Gasteiger partial charge in [0, 0.05) is 13.2 Å². The number of Topliss-reactive ketones (excluding diaryl/α,β-unsaturated/α-hetero) is 1. The lowest BCUT2D eigenvalue weighted by Crippen LogP contribution is -2.56. The molecule has 4 N–H and O–H groups in total. The molecule has 0 saturated heterocycles. The number of ether oxygens (including phenoxy) is 1. The zero-order valence-electron chi connectivity index (χ0n) is 16.9. The molecule has 0 aliphatic rings. The Kier molecular flexibility index (Phi) is 11.7. The average molecular weight is 344 g/mol. The standard InChI is InChI=1S/C19H41N3O2/c1-8-14(4)11-12-24-19(7,10-3)13-21-22-17(15(5)9-2)18(23)16(6)20/h14-17,21-22H,8-13,20H2,1-7H3. The Labute approximate surface area is 149 Å². The zero-order chi connectivity index (χ0) is 18.8. The predicted octanol–water partition coefficient (Wildman–Crippen LogP) is 3.03. The van der Waals surface area contributed by atoms with Gasteiger partial charge in [0.2, 0.25) is 0 Å². The molecule has 5 unspecified atom stereocenters. The summed E-state index contributed by atoms with van der Waals surface area (Å²) in [6.45, 7) is 16.0. The van der Waals surface area contributed by atoms with Crippen molar-refractivity contribution in [3.63, 3.8) is 0 Å². The normalized spacial score (nSPS) is 19.3. The summed E-state index contributed by atoms with van der Waals surface area (Å²) in [5, 5.41) is 0. The van der Waals surface area contributed by atoms with Gasteiger partial charge in [-0.15, -0.1) is 0 Å². The number of carbonyl (C=O) groups is 1. The molecule has 5 heteroatoms. The summed E-state index contributed by atoms with van der Waals surface area (Å²) < 4.78 is 6.12. The van der Waals surface area contributed by atoms with Crippen LogP contribution in [-0.4, -0.2) is 36.6 Å². The van der Waals surface area contributed by atoms with E-state index in [4.69, 9.17) is 10.5 Å². The summed E-state index contributed by atoms with van der Waals surface area (Å²) in [6.07, 6.45) is 4.10. The Morgan fingerprint density at radius 1 is 1.17 bits per heavy atom. The molecule has 24 heavy (non-hydrogen) atoms. The van der Waals surface area contributed by atoms with E-state index in [1.54, 1.807) is 6.92 Å². The van der Waals surface area contributed by atoms with Gasteiger partial charge in [0.1, 0.15) is 0 Å². The summed E-state index contributed by atoms with van der Waals surface area (Å²) in [5.41, 5.74) is 12.0. The minimum Gasteiger partial charge on any atom is -0.374 e. The van der Waals surface area contributed by atoms with Crippen molar-refractivity contribution in [2.24, 2.45) is 17.6 Å². The van der Waals surface area contributed by atoms with Gasteiger partial charge in [-0.25, -0.2) is 5.43 Å². The van der Waals surface area contributed by atoms with Crippen LogP contribution in [0, 0.1) is 11.8 Å². The van der Waals surface area contributed by atoms with E-state index in [0.717, 1.165) is 25.9 Å². The number of rotatable bonds is 14. The monoisotopic (exact) mass is 343 g/mol. The van der Waals surface area contributed by atoms with Gasteiger partial charge in [-0.3, -0.25) is 10.2 Å². The fourth-order valence-electron chi connectivity index (χ4n) is 2.35. The van der Waals surface area contributed by atoms with Crippen LogP contribution in [-0.2, 0) is 9.53 Å². The molecular weight excluding hydrogens is 302 g/mol. The predicted molar refractivity (Wildman–Crippen MR) is 102 cm³/mol. The minimum atomic E-state index is -0.456. The van der Waals surface area contributed by atoms with Crippen molar-refractivity contribution in [3.8, 4) is 0 Å². The van der Waals surface area contributed by atoms with Crippen molar-refractivity contribution in [3.05, 3.63) is 0 Å². The van der Waals surface area contributed by atoms with Crippen LogP contribution in [0.2, 0.25) is 0 Å². The van der Waals surface area contributed by atoms with Crippen molar-refractivity contribution < 1.29 is 9.53 Å². The molecule has 0 aliphatic heterocycles. The van der Waals surface area contributed by atoms with E-state index in [1.165, 1.54) is 6.42 Å². The van der Waals surface area contributed by atoms with Crippen LogP contribution in [0.1, 0.15) is 74.1 Å². The number of nitrogens with two attached hydrogens (primary N) is 1. The maximum Gasteiger partial charge on any atom is 0.167 e. The Morgan fingerprint density at radius 3 is 2.25 bits per heavy atom. The van der Waals surface area contributed by atoms with Gasteiger partial charge in [0.25, 0.3) is 0 Å².